The number of hydrogen-bond donors (Lipinski definition) is 1. The number of hydrogen-bond acceptors (Lipinski definition) is 4. The molecule has 1 N–H and O–H groups in total. The van der Waals surface area contributed by atoms with Crippen LogP contribution in [0.3, 0.4) is 0 Å². The van der Waals surface area contributed by atoms with Crippen molar-refractivity contribution in [3.63, 3.8) is 0 Å². The summed E-state index contributed by atoms with van der Waals surface area (Å²) in [4.78, 5) is 30.1. The van der Waals surface area contributed by atoms with Crippen molar-refractivity contribution in [2.24, 2.45) is 0 Å². The van der Waals surface area contributed by atoms with E-state index < -0.39 is 0 Å². The quantitative estimate of drug-likeness (QED) is 0.779. The Balaban J connectivity index is 1.35. The van der Waals surface area contributed by atoms with Crippen molar-refractivity contribution in [1.82, 2.24) is 15.1 Å². The number of thiophene rings is 1. The number of rotatable bonds is 7. The van der Waals surface area contributed by atoms with Crippen molar-refractivity contribution in [3.05, 3.63) is 57.8 Å². The highest BCUT2D eigenvalue weighted by atomic mass is 32.1. The van der Waals surface area contributed by atoms with Crippen LogP contribution in [0.15, 0.2) is 41.8 Å². The van der Waals surface area contributed by atoms with E-state index in [1.54, 1.807) is 11.3 Å². The van der Waals surface area contributed by atoms with Crippen LogP contribution in [0.4, 0.5) is 0 Å². The van der Waals surface area contributed by atoms with Gasteiger partial charge in [0.1, 0.15) is 0 Å². The Morgan fingerprint density at radius 2 is 1.86 bits per heavy atom. The van der Waals surface area contributed by atoms with Crippen molar-refractivity contribution in [2.75, 3.05) is 26.2 Å². The fourth-order valence-corrected chi connectivity index (χ4v) is 4.95. The minimum atomic E-state index is -0.0375. The summed E-state index contributed by atoms with van der Waals surface area (Å²) in [5.41, 5.74) is 1.74. The topological polar surface area (TPSA) is 52.7 Å². The largest absolute Gasteiger partial charge is 0.350 e. The highest BCUT2D eigenvalue weighted by Crippen LogP contribution is 2.28. The van der Waals surface area contributed by atoms with Crippen LogP contribution in [-0.2, 0) is 11.3 Å². The number of nitrogens with zero attached hydrogens (tertiary/aromatic N) is 2. The first kappa shape index (κ1) is 19.2. The van der Waals surface area contributed by atoms with Crippen molar-refractivity contribution in [2.45, 2.75) is 38.3 Å². The van der Waals surface area contributed by atoms with Gasteiger partial charge in [0.05, 0.1) is 6.04 Å². The zero-order chi connectivity index (χ0) is 19.3. The number of likely N-dealkylation sites (tertiary alicyclic amines) is 2. The van der Waals surface area contributed by atoms with Crippen molar-refractivity contribution in [1.29, 1.82) is 0 Å². The number of amides is 2. The maximum atomic E-state index is 12.7. The third kappa shape index (κ3) is 4.45. The summed E-state index contributed by atoms with van der Waals surface area (Å²) < 4.78 is 0. The van der Waals surface area contributed by atoms with Crippen molar-refractivity contribution < 1.29 is 9.59 Å². The molecule has 2 aliphatic rings. The van der Waals surface area contributed by atoms with Crippen LogP contribution in [0.2, 0.25) is 0 Å². The Bertz CT molecular complexity index is 798. The van der Waals surface area contributed by atoms with Crippen LogP contribution < -0.4 is 5.32 Å². The first-order chi connectivity index (χ1) is 13.7. The molecule has 5 nitrogen and oxygen atoms in total. The van der Waals surface area contributed by atoms with Gasteiger partial charge in [-0.25, -0.2) is 0 Å². The zero-order valence-corrected chi connectivity index (χ0v) is 16.9. The molecule has 2 aromatic rings. The number of nitrogens with one attached hydrogen (secondary N) is 1. The van der Waals surface area contributed by atoms with Crippen LogP contribution in [0.1, 0.15) is 52.5 Å². The van der Waals surface area contributed by atoms with Crippen LogP contribution >= 0.6 is 11.3 Å². The average Bonchev–Trinajstić information content (AvgIpc) is 3.47. The summed E-state index contributed by atoms with van der Waals surface area (Å²) in [5.74, 6) is 0.188. The standard InChI is InChI=1S/C22H27N3O2S/c26-21-6-3-13-25(21)16-17-7-9-18(10-8-17)22(27)23-15-19(20-5-4-14-28-20)24-11-1-2-12-24/h4-5,7-10,14,19H,1-3,6,11-13,15-16H2,(H,23,27). The Morgan fingerprint density at radius 3 is 2.50 bits per heavy atom. The Labute approximate surface area is 170 Å². The van der Waals surface area contributed by atoms with Gasteiger partial charge in [-0.2, -0.15) is 0 Å². The molecule has 28 heavy (non-hydrogen) atoms. The summed E-state index contributed by atoms with van der Waals surface area (Å²) in [5, 5.41) is 5.23. The molecule has 1 aromatic carbocycles. The van der Waals surface area contributed by atoms with Gasteiger partial charge in [-0.1, -0.05) is 18.2 Å². The molecular weight excluding hydrogens is 370 g/mol. The minimum Gasteiger partial charge on any atom is -0.350 e. The molecule has 6 heteroatoms. The predicted octanol–water partition coefficient (Wildman–Crippen LogP) is 3.44. The molecule has 2 saturated heterocycles. The van der Waals surface area contributed by atoms with E-state index in [4.69, 9.17) is 0 Å². The summed E-state index contributed by atoms with van der Waals surface area (Å²) >= 11 is 1.76. The molecule has 2 fully saturated rings. The van der Waals surface area contributed by atoms with Crippen LogP contribution in [0.25, 0.3) is 0 Å². The van der Waals surface area contributed by atoms with E-state index in [0.29, 0.717) is 25.1 Å². The first-order valence-electron chi connectivity index (χ1n) is 10.1. The zero-order valence-electron chi connectivity index (χ0n) is 16.1. The molecule has 2 aliphatic heterocycles. The number of benzene rings is 1. The van der Waals surface area contributed by atoms with E-state index in [1.807, 2.05) is 29.2 Å². The van der Waals surface area contributed by atoms with E-state index in [1.165, 1.54) is 17.7 Å². The highest BCUT2D eigenvalue weighted by Gasteiger charge is 2.25. The smallest absolute Gasteiger partial charge is 0.251 e. The van der Waals surface area contributed by atoms with Crippen LogP contribution in [0, 0.1) is 0 Å². The number of carbonyl (C=O) groups excluding carboxylic acids is 2. The first-order valence-corrected chi connectivity index (χ1v) is 11.0. The minimum absolute atomic E-state index is 0.0375. The highest BCUT2D eigenvalue weighted by molar-refractivity contribution is 7.10. The van der Waals surface area contributed by atoms with Crippen LogP contribution in [0.5, 0.6) is 0 Å². The van der Waals surface area contributed by atoms with E-state index >= 15 is 0 Å². The van der Waals surface area contributed by atoms with Gasteiger partial charge in [-0.05, 0) is 61.5 Å². The monoisotopic (exact) mass is 397 g/mol. The molecule has 4 rings (SSSR count). The van der Waals surface area contributed by atoms with E-state index in [2.05, 4.69) is 27.7 Å². The maximum absolute atomic E-state index is 12.7. The Hall–Kier alpha value is -2.18. The fraction of sp³-hybridized carbons (Fsp3) is 0.455. The second-order valence-corrected chi connectivity index (χ2v) is 8.58. The van der Waals surface area contributed by atoms with Gasteiger partial charge in [-0.15, -0.1) is 11.3 Å². The Kier molecular flexibility index (Phi) is 6.07. The van der Waals surface area contributed by atoms with E-state index in [-0.39, 0.29) is 17.9 Å². The van der Waals surface area contributed by atoms with Gasteiger partial charge in [0.25, 0.3) is 5.91 Å². The normalized spacial score (nSPS) is 18.6. The molecule has 1 atom stereocenters. The SMILES string of the molecule is O=C(NCC(c1cccs1)N1CCCC1)c1ccc(CN2CCCC2=O)cc1. The van der Waals surface area contributed by atoms with E-state index in [0.717, 1.165) is 31.6 Å². The van der Waals surface area contributed by atoms with E-state index in [9.17, 15) is 9.59 Å². The molecule has 148 valence electrons. The molecule has 1 aromatic heterocycles. The molecule has 2 amide bonds. The third-order valence-electron chi connectivity index (χ3n) is 5.67. The molecule has 1 unspecified atom stereocenters. The van der Waals surface area contributed by atoms with Crippen molar-refractivity contribution in [3.8, 4) is 0 Å². The van der Waals surface area contributed by atoms with Gasteiger partial charge < -0.3 is 10.2 Å². The van der Waals surface area contributed by atoms with Gasteiger partial charge in [0.2, 0.25) is 5.91 Å². The Morgan fingerprint density at radius 1 is 1.07 bits per heavy atom. The van der Waals surface area contributed by atoms with Gasteiger partial charge in [0, 0.05) is 36.5 Å². The summed E-state index contributed by atoms with van der Waals surface area (Å²) in [7, 11) is 0. The maximum Gasteiger partial charge on any atom is 0.251 e. The number of carbonyl (C=O) groups is 2. The molecule has 0 spiro atoms. The van der Waals surface area contributed by atoms with Gasteiger partial charge in [0.15, 0.2) is 0 Å². The lowest BCUT2D eigenvalue weighted by Crippen LogP contribution is -2.36. The molecule has 0 saturated carbocycles. The lowest BCUT2D eigenvalue weighted by molar-refractivity contribution is -0.128. The molecular formula is C22H27N3O2S. The third-order valence-corrected chi connectivity index (χ3v) is 6.64. The molecule has 0 radical (unpaired) electrons. The lowest BCUT2D eigenvalue weighted by Gasteiger charge is -2.27. The lowest BCUT2D eigenvalue weighted by atomic mass is 10.1. The average molecular weight is 398 g/mol. The summed E-state index contributed by atoms with van der Waals surface area (Å²) in [6.07, 6.45) is 4.07. The van der Waals surface area contributed by atoms with Crippen molar-refractivity contribution >= 4 is 23.2 Å². The summed E-state index contributed by atoms with van der Waals surface area (Å²) in [6, 6.07) is 12.1. The molecule has 0 bridgehead atoms. The summed E-state index contributed by atoms with van der Waals surface area (Å²) in [6.45, 7) is 4.30. The molecule has 3 heterocycles. The second-order valence-electron chi connectivity index (χ2n) is 7.60. The van der Waals surface area contributed by atoms with Crippen LogP contribution in [-0.4, -0.2) is 47.8 Å². The van der Waals surface area contributed by atoms with Gasteiger partial charge in [-0.3, -0.25) is 14.5 Å². The predicted molar refractivity (Wildman–Crippen MR) is 111 cm³/mol. The second kappa shape index (κ2) is 8.88. The molecule has 0 aliphatic carbocycles. The fourth-order valence-electron chi connectivity index (χ4n) is 4.09. The van der Waals surface area contributed by atoms with Gasteiger partial charge >= 0.3 is 0 Å².